The summed E-state index contributed by atoms with van der Waals surface area (Å²) in [7, 11) is 0. The van der Waals surface area contributed by atoms with Gasteiger partial charge in [-0.05, 0) is 30.5 Å². The first-order valence-electron chi connectivity index (χ1n) is 5.78. The molecule has 2 N–H and O–H groups in total. The number of hydrogen-bond acceptors (Lipinski definition) is 2. The van der Waals surface area contributed by atoms with Crippen molar-refractivity contribution in [3.63, 3.8) is 0 Å². The maximum Gasteiger partial charge on any atom is 0.471 e. The Morgan fingerprint density at radius 1 is 1.30 bits per heavy atom. The number of halogens is 3. The molecular weight excluding hydrogens is 275 g/mol. The number of alkyl halides is 3. The molecule has 0 radical (unpaired) electrons. The zero-order valence-corrected chi connectivity index (χ0v) is 10.9. The molecule has 0 fully saturated rings. The summed E-state index contributed by atoms with van der Waals surface area (Å²) in [5.41, 5.74) is 1.82. The largest absolute Gasteiger partial charge is 0.481 e. The van der Waals surface area contributed by atoms with E-state index in [0.717, 1.165) is 5.56 Å². The van der Waals surface area contributed by atoms with Crippen LogP contribution >= 0.6 is 0 Å². The van der Waals surface area contributed by atoms with Gasteiger partial charge in [-0.1, -0.05) is 18.2 Å². The van der Waals surface area contributed by atoms with Crippen LogP contribution in [-0.2, 0) is 9.59 Å². The number of carbonyl (C=O) groups excluding carboxylic acids is 1. The van der Waals surface area contributed by atoms with Gasteiger partial charge in [0.25, 0.3) is 0 Å². The zero-order valence-electron chi connectivity index (χ0n) is 10.9. The predicted octanol–water partition coefficient (Wildman–Crippen LogP) is 2.50. The molecule has 0 saturated heterocycles. The quantitative estimate of drug-likeness (QED) is 0.895. The number of carboxylic acid groups (broad SMARTS) is 1. The Balaban J connectivity index is 3.10. The molecule has 0 aliphatic heterocycles. The van der Waals surface area contributed by atoms with Gasteiger partial charge in [-0.15, -0.1) is 0 Å². The average Bonchev–Trinajstić information content (AvgIpc) is 2.30. The monoisotopic (exact) mass is 289 g/mol. The lowest BCUT2D eigenvalue weighted by Gasteiger charge is -2.21. The Morgan fingerprint density at radius 3 is 2.40 bits per heavy atom. The fourth-order valence-electron chi connectivity index (χ4n) is 1.80. The van der Waals surface area contributed by atoms with Gasteiger partial charge in [-0.3, -0.25) is 9.59 Å². The van der Waals surface area contributed by atoms with Gasteiger partial charge in [0.15, 0.2) is 0 Å². The third-order valence-electron chi connectivity index (χ3n) is 2.96. The molecule has 0 spiro atoms. The molecule has 7 heteroatoms. The number of rotatable bonds is 4. The predicted molar refractivity (Wildman–Crippen MR) is 65.1 cm³/mol. The Morgan fingerprint density at radius 2 is 1.90 bits per heavy atom. The van der Waals surface area contributed by atoms with E-state index < -0.39 is 30.5 Å². The first-order chi connectivity index (χ1) is 9.12. The van der Waals surface area contributed by atoms with Crippen molar-refractivity contribution in [2.75, 3.05) is 0 Å². The first-order valence-corrected chi connectivity index (χ1v) is 5.78. The van der Waals surface area contributed by atoms with Gasteiger partial charge in [0.05, 0.1) is 12.5 Å². The number of hydrogen-bond donors (Lipinski definition) is 2. The third-order valence-corrected chi connectivity index (χ3v) is 2.96. The lowest BCUT2D eigenvalue weighted by Crippen LogP contribution is -2.40. The van der Waals surface area contributed by atoms with Crippen LogP contribution in [0.15, 0.2) is 18.2 Å². The van der Waals surface area contributed by atoms with Crippen molar-refractivity contribution in [3.8, 4) is 0 Å². The molecule has 0 aliphatic carbocycles. The molecule has 1 unspecified atom stereocenters. The molecule has 1 aromatic rings. The van der Waals surface area contributed by atoms with Gasteiger partial charge in [-0.2, -0.15) is 13.2 Å². The van der Waals surface area contributed by atoms with Crippen molar-refractivity contribution in [3.05, 3.63) is 34.9 Å². The Labute approximate surface area is 113 Å². The maximum atomic E-state index is 12.3. The molecule has 0 aliphatic rings. The van der Waals surface area contributed by atoms with E-state index in [1.807, 2.05) is 0 Å². The van der Waals surface area contributed by atoms with Crippen LogP contribution in [0.1, 0.15) is 29.2 Å². The van der Waals surface area contributed by atoms with Gasteiger partial charge >= 0.3 is 18.1 Å². The molecule has 0 saturated carbocycles. The highest BCUT2D eigenvalue weighted by Gasteiger charge is 2.40. The van der Waals surface area contributed by atoms with Gasteiger partial charge in [0.1, 0.15) is 0 Å². The summed E-state index contributed by atoms with van der Waals surface area (Å²) in [5, 5.41) is 10.5. The second kappa shape index (κ2) is 5.94. The molecule has 20 heavy (non-hydrogen) atoms. The zero-order chi connectivity index (χ0) is 15.5. The van der Waals surface area contributed by atoms with E-state index in [0.29, 0.717) is 11.1 Å². The van der Waals surface area contributed by atoms with Crippen LogP contribution in [0, 0.1) is 13.8 Å². The summed E-state index contributed by atoms with van der Waals surface area (Å²) >= 11 is 0. The van der Waals surface area contributed by atoms with E-state index in [1.54, 1.807) is 31.3 Å². The standard InChI is InChI=1S/C13H14F3NO3/c1-7-4-3-5-9(8(7)2)10(6-11(18)19)17-12(20)13(14,15)16/h3-5,10H,6H2,1-2H3,(H,17,20)(H,18,19). The fraction of sp³-hybridized carbons (Fsp3) is 0.385. The second-order valence-electron chi connectivity index (χ2n) is 4.41. The summed E-state index contributed by atoms with van der Waals surface area (Å²) in [6, 6.07) is 3.64. The summed E-state index contributed by atoms with van der Waals surface area (Å²) < 4.78 is 36.8. The highest BCUT2D eigenvalue weighted by Crippen LogP contribution is 2.25. The number of aryl methyl sites for hydroxylation is 1. The Bertz CT molecular complexity index is 526. The first kappa shape index (κ1) is 16.0. The molecule has 1 rings (SSSR count). The molecule has 1 atom stereocenters. The highest BCUT2D eigenvalue weighted by atomic mass is 19.4. The van der Waals surface area contributed by atoms with Crippen molar-refractivity contribution in [1.82, 2.24) is 5.32 Å². The van der Waals surface area contributed by atoms with Crippen molar-refractivity contribution in [2.45, 2.75) is 32.5 Å². The van der Waals surface area contributed by atoms with Crippen LogP contribution in [0.4, 0.5) is 13.2 Å². The van der Waals surface area contributed by atoms with Crippen LogP contribution in [-0.4, -0.2) is 23.2 Å². The molecule has 110 valence electrons. The minimum atomic E-state index is -5.05. The summed E-state index contributed by atoms with van der Waals surface area (Å²) in [4.78, 5) is 21.8. The number of amides is 1. The number of nitrogens with one attached hydrogen (secondary N) is 1. The summed E-state index contributed by atoms with van der Waals surface area (Å²) in [5.74, 6) is -3.44. The van der Waals surface area contributed by atoms with Crippen molar-refractivity contribution >= 4 is 11.9 Å². The molecule has 0 heterocycles. The van der Waals surface area contributed by atoms with E-state index >= 15 is 0 Å². The lowest BCUT2D eigenvalue weighted by atomic mass is 9.95. The lowest BCUT2D eigenvalue weighted by molar-refractivity contribution is -0.174. The molecule has 1 amide bonds. The minimum Gasteiger partial charge on any atom is -0.481 e. The number of benzene rings is 1. The summed E-state index contributed by atoms with van der Waals surface area (Å²) in [6.07, 6.45) is -5.67. The molecular formula is C13H14F3NO3. The van der Waals surface area contributed by atoms with E-state index in [9.17, 15) is 22.8 Å². The summed E-state index contributed by atoms with van der Waals surface area (Å²) in [6.45, 7) is 3.42. The third kappa shape index (κ3) is 3.97. The van der Waals surface area contributed by atoms with Gasteiger partial charge in [-0.25, -0.2) is 0 Å². The van der Waals surface area contributed by atoms with Gasteiger partial charge in [0, 0.05) is 0 Å². The number of carbonyl (C=O) groups is 2. The van der Waals surface area contributed by atoms with Gasteiger partial charge in [0.2, 0.25) is 0 Å². The van der Waals surface area contributed by atoms with E-state index in [-0.39, 0.29) is 0 Å². The second-order valence-corrected chi connectivity index (χ2v) is 4.41. The van der Waals surface area contributed by atoms with Crippen molar-refractivity contribution in [1.29, 1.82) is 0 Å². The SMILES string of the molecule is Cc1cccc(C(CC(=O)O)NC(=O)C(F)(F)F)c1C. The van der Waals surface area contributed by atoms with Gasteiger partial charge < -0.3 is 10.4 Å². The maximum absolute atomic E-state index is 12.3. The minimum absolute atomic E-state index is 0.366. The topological polar surface area (TPSA) is 66.4 Å². The molecule has 0 bridgehead atoms. The van der Waals surface area contributed by atoms with Crippen molar-refractivity contribution < 1.29 is 27.9 Å². The fourth-order valence-corrected chi connectivity index (χ4v) is 1.80. The van der Waals surface area contributed by atoms with Crippen LogP contribution in [0.3, 0.4) is 0 Å². The van der Waals surface area contributed by atoms with E-state index in [1.165, 1.54) is 6.07 Å². The highest BCUT2D eigenvalue weighted by molar-refractivity contribution is 5.82. The van der Waals surface area contributed by atoms with Crippen LogP contribution in [0.5, 0.6) is 0 Å². The Kier molecular flexibility index (Phi) is 4.75. The number of carboxylic acids is 1. The van der Waals surface area contributed by atoms with Crippen LogP contribution in [0.25, 0.3) is 0 Å². The Hall–Kier alpha value is -2.05. The smallest absolute Gasteiger partial charge is 0.471 e. The van der Waals surface area contributed by atoms with E-state index in [4.69, 9.17) is 5.11 Å². The molecule has 0 aromatic heterocycles. The van der Waals surface area contributed by atoms with Crippen molar-refractivity contribution in [2.24, 2.45) is 0 Å². The molecule has 4 nitrogen and oxygen atoms in total. The molecule has 1 aromatic carbocycles. The normalized spacial score (nSPS) is 12.8. The van der Waals surface area contributed by atoms with Crippen LogP contribution in [0.2, 0.25) is 0 Å². The number of aliphatic carboxylic acids is 1. The van der Waals surface area contributed by atoms with Crippen LogP contribution < -0.4 is 5.32 Å². The average molecular weight is 289 g/mol. The van der Waals surface area contributed by atoms with E-state index in [2.05, 4.69) is 0 Å².